The second-order valence-corrected chi connectivity index (χ2v) is 5.85. The van der Waals surface area contributed by atoms with Gasteiger partial charge in [-0.2, -0.15) is 0 Å². The number of fused-ring (bicyclic) bond motifs is 1. The lowest BCUT2D eigenvalue weighted by Crippen LogP contribution is -2.38. The Bertz CT molecular complexity index is 646. The molecule has 1 aliphatic rings. The molecule has 0 aliphatic carbocycles. The minimum absolute atomic E-state index is 0.0141. The van der Waals surface area contributed by atoms with Crippen molar-refractivity contribution in [3.05, 3.63) is 47.3 Å². The summed E-state index contributed by atoms with van der Waals surface area (Å²) in [6.07, 6.45) is 2.39. The number of rotatable bonds is 4. The van der Waals surface area contributed by atoms with Crippen LogP contribution in [0.4, 0.5) is 0 Å². The van der Waals surface area contributed by atoms with Crippen LogP contribution < -0.4 is 4.74 Å². The highest BCUT2D eigenvalue weighted by Gasteiger charge is 2.23. The van der Waals surface area contributed by atoms with Crippen molar-refractivity contribution in [1.29, 1.82) is 0 Å². The summed E-state index contributed by atoms with van der Waals surface area (Å²) >= 11 is 0. The average molecular weight is 300 g/mol. The number of carbonyl (C=O) groups is 1. The lowest BCUT2D eigenvalue weighted by Gasteiger charge is -2.25. The highest BCUT2D eigenvalue weighted by atomic mass is 16.5. The Morgan fingerprint density at radius 3 is 2.86 bits per heavy atom. The minimum atomic E-state index is -0.0141. The first-order chi connectivity index (χ1) is 10.6. The van der Waals surface area contributed by atoms with Gasteiger partial charge in [-0.05, 0) is 23.6 Å². The smallest absolute Gasteiger partial charge is 0.260 e. The summed E-state index contributed by atoms with van der Waals surface area (Å²) in [5.41, 5.74) is 2.25. The molecule has 22 heavy (non-hydrogen) atoms. The predicted octanol–water partition coefficient (Wildman–Crippen LogP) is 2.76. The largest absolute Gasteiger partial charge is 0.484 e. The average Bonchev–Trinajstić information content (AvgIpc) is 3.00. The van der Waals surface area contributed by atoms with Crippen molar-refractivity contribution in [2.24, 2.45) is 0 Å². The summed E-state index contributed by atoms with van der Waals surface area (Å²) in [6.45, 7) is 5.55. The highest BCUT2D eigenvalue weighted by molar-refractivity contribution is 5.78. The summed E-state index contributed by atoms with van der Waals surface area (Å²) in [7, 11) is 0. The molecule has 0 saturated carbocycles. The van der Waals surface area contributed by atoms with Gasteiger partial charge >= 0.3 is 0 Å². The van der Waals surface area contributed by atoms with Crippen molar-refractivity contribution in [3.8, 4) is 5.75 Å². The van der Waals surface area contributed by atoms with Crippen LogP contribution in [0.15, 0.2) is 35.0 Å². The van der Waals surface area contributed by atoms with E-state index >= 15 is 0 Å². The predicted molar refractivity (Wildman–Crippen MR) is 81.7 cm³/mol. The number of aromatic nitrogens is 1. The van der Waals surface area contributed by atoms with Crippen molar-refractivity contribution in [2.75, 3.05) is 13.2 Å². The maximum atomic E-state index is 12.2. The lowest BCUT2D eigenvalue weighted by atomic mass is 10.0. The van der Waals surface area contributed by atoms with Crippen LogP contribution in [-0.2, 0) is 17.8 Å². The molecule has 2 aromatic rings. The highest BCUT2D eigenvalue weighted by Crippen LogP contribution is 2.20. The van der Waals surface area contributed by atoms with Gasteiger partial charge in [0.25, 0.3) is 5.91 Å². The van der Waals surface area contributed by atoms with Crippen LogP contribution in [-0.4, -0.2) is 29.1 Å². The fourth-order valence-electron chi connectivity index (χ4n) is 2.54. The van der Waals surface area contributed by atoms with Crippen molar-refractivity contribution in [2.45, 2.75) is 32.7 Å². The Morgan fingerprint density at radius 2 is 2.14 bits per heavy atom. The van der Waals surface area contributed by atoms with Crippen LogP contribution >= 0.6 is 0 Å². The number of benzene rings is 1. The standard InChI is InChI=1S/C17H20N2O3/c1-12(2)13-3-5-15(6-4-13)21-11-17(20)19-8-7-16-14(10-19)9-18-22-16/h3-6,9,12H,7-8,10-11H2,1-2H3. The van der Waals surface area contributed by atoms with Crippen LogP contribution in [0.3, 0.4) is 0 Å². The van der Waals surface area contributed by atoms with Crippen molar-refractivity contribution in [3.63, 3.8) is 0 Å². The third-order valence-corrected chi connectivity index (χ3v) is 3.96. The van der Waals surface area contributed by atoms with Gasteiger partial charge in [-0.25, -0.2) is 0 Å². The normalized spacial score (nSPS) is 14.0. The number of amides is 1. The molecule has 0 unspecified atom stereocenters. The summed E-state index contributed by atoms with van der Waals surface area (Å²) in [4.78, 5) is 14.0. The molecule has 1 aliphatic heterocycles. The van der Waals surface area contributed by atoms with Crippen molar-refractivity contribution < 1.29 is 14.1 Å². The quantitative estimate of drug-likeness (QED) is 0.871. The zero-order valence-electron chi connectivity index (χ0n) is 12.9. The Balaban J connectivity index is 1.54. The molecule has 0 radical (unpaired) electrons. The first kappa shape index (κ1) is 14.6. The maximum absolute atomic E-state index is 12.2. The van der Waals surface area contributed by atoms with E-state index in [0.717, 1.165) is 17.1 Å². The Labute approximate surface area is 129 Å². The van der Waals surface area contributed by atoms with Crippen LogP contribution in [0.25, 0.3) is 0 Å². The molecule has 0 bridgehead atoms. The number of carbonyl (C=O) groups excluding carboxylic acids is 1. The molecule has 3 rings (SSSR count). The van der Waals surface area contributed by atoms with Gasteiger partial charge < -0.3 is 14.2 Å². The first-order valence-electron chi connectivity index (χ1n) is 7.56. The molecule has 116 valence electrons. The van der Waals surface area contributed by atoms with Crippen molar-refractivity contribution >= 4 is 5.91 Å². The number of hydrogen-bond donors (Lipinski definition) is 0. The van der Waals surface area contributed by atoms with E-state index < -0.39 is 0 Å². The van der Waals surface area contributed by atoms with Crippen LogP contribution in [0, 0.1) is 0 Å². The Kier molecular flexibility index (Phi) is 4.13. The molecule has 2 heterocycles. The summed E-state index contributed by atoms with van der Waals surface area (Å²) in [5, 5.41) is 3.77. The molecule has 0 atom stereocenters. The summed E-state index contributed by atoms with van der Waals surface area (Å²) < 4.78 is 10.7. The van der Waals surface area contributed by atoms with E-state index in [-0.39, 0.29) is 12.5 Å². The van der Waals surface area contributed by atoms with Crippen molar-refractivity contribution in [1.82, 2.24) is 10.1 Å². The van der Waals surface area contributed by atoms with E-state index in [2.05, 4.69) is 19.0 Å². The number of ether oxygens (including phenoxy) is 1. The number of hydrogen-bond acceptors (Lipinski definition) is 4. The van der Waals surface area contributed by atoms with Gasteiger partial charge in [-0.15, -0.1) is 0 Å². The molecule has 0 N–H and O–H groups in total. The maximum Gasteiger partial charge on any atom is 0.260 e. The van der Waals surface area contributed by atoms with E-state index in [1.807, 2.05) is 24.3 Å². The molecule has 0 spiro atoms. The molecule has 5 heteroatoms. The molecule has 1 amide bonds. The molecule has 5 nitrogen and oxygen atoms in total. The molecular weight excluding hydrogens is 280 g/mol. The van der Waals surface area contributed by atoms with Gasteiger partial charge in [-0.1, -0.05) is 31.1 Å². The van der Waals surface area contributed by atoms with Crippen LogP contribution in [0.1, 0.15) is 36.7 Å². The summed E-state index contributed by atoms with van der Waals surface area (Å²) in [6, 6.07) is 7.90. The number of nitrogens with zero attached hydrogens (tertiary/aromatic N) is 2. The molecule has 0 saturated heterocycles. The van der Waals surface area contributed by atoms with E-state index in [1.165, 1.54) is 5.56 Å². The molecule has 1 aromatic carbocycles. The third kappa shape index (κ3) is 3.13. The van der Waals surface area contributed by atoms with E-state index in [9.17, 15) is 4.79 Å². The van der Waals surface area contributed by atoms with Gasteiger partial charge in [-0.3, -0.25) is 4.79 Å². The topological polar surface area (TPSA) is 55.6 Å². The molecular formula is C17H20N2O3. The summed E-state index contributed by atoms with van der Waals surface area (Å²) in [5.74, 6) is 2.08. The van der Waals surface area contributed by atoms with E-state index in [0.29, 0.717) is 25.4 Å². The van der Waals surface area contributed by atoms with Gasteiger partial charge in [0.2, 0.25) is 0 Å². The lowest BCUT2D eigenvalue weighted by molar-refractivity contribution is -0.134. The van der Waals surface area contributed by atoms with E-state index in [1.54, 1.807) is 11.1 Å². The Morgan fingerprint density at radius 1 is 1.36 bits per heavy atom. The second-order valence-electron chi connectivity index (χ2n) is 5.85. The van der Waals surface area contributed by atoms with Gasteiger partial charge in [0, 0.05) is 18.5 Å². The fourth-order valence-corrected chi connectivity index (χ4v) is 2.54. The first-order valence-corrected chi connectivity index (χ1v) is 7.56. The fraction of sp³-hybridized carbons (Fsp3) is 0.412. The van der Waals surface area contributed by atoms with Gasteiger partial charge in [0.1, 0.15) is 11.5 Å². The SMILES string of the molecule is CC(C)c1ccc(OCC(=O)N2CCc3oncc3C2)cc1. The third-order valence-electron chi connectivity index (χ3n) is 3.96. The van der Waals surface area contributed by atoms with Crippen LogP contribution in [0.5, 0.6) is 5.75 Å². The second kappa shape index (κ2) is 6.22. The van der Waals surface area contributed by atoms with E-state index in [4.69, 9.17) is 9.26 Å². The molecule has 1 aromatic heterocycles. The Hall–Kier alpha value is -2.30. The minimum Gasteiger partial charge on any atom is -0.484 e. The zero-order valence-corrected chi connectivity index (χ0v) is 12.9. The monoisotopic (exact) mass is 300 g/mol. The zero-order chi connectivity index (χ0) is 15.5. The van der Waals surface area contributed by atoms with Gasteiger partial charge in [0.15, 0.2) is 6.61 Å². The van der Waals surface area contributed by atoms with Gasteiger partial charge in [0.05, 0.1) is 12.7 Å². The molecule has 0 fully saturated rings. The van der Waals surface area contributed by atoms with Crippen LogP contribution in [0.2, 0.25) is 0 Å².